The molecule has 2 heterocycles. The standard InChI is InChI=1S/C12H14BrN5/c1-3-10-7(2)11(18-14)17-12(16-10)8-4-9(13)6-15-5-8/h4-6H,3,14H2,1-2H3,(H,16,17,18). The highest BCUT2D eigenvalue weighted by Gasteiger charge is 2.10. The van der Waals surface area contributed by atoms with Crippen LogP contribution >= 0.6 is 15.9 Å². The second kappa shape index (κ2) is 5.41. The van der Waals surface area contributed by atoms with Gasteiger partial charge in [-0.25, -0.2) is 15.8 Å². The first-order valence-electron chi connectivity index (χ1n) is 5.60. The van der Waals surface area contributed by atoms with Crippen molar-refractivity contribution in [2.75, 3.05) is 5.43 Å². The molecule has 2 aromatic rings. The van der Waals surface area contributed by atoms with Gasteiger partial charge in [0.15, 0.2) is 5.82 Å². The Morgan fingerprint density at radius 3 is 2.72 bits per heavy atom. The molecule has 0 radical (unpaired) electrons. The molecule has 0 saturated heterocycles. The van der Waals surface area contributed by atoms with Crippen LogP contribution in [0, 0.1) is 6.92 Å². The molecule has 0 aliphatic heterocycles. The van der Waals surface area contributed by atoms with Crippen molar-refractivity contribution < 1.29 is 0 Å². The number of aromatic nitrogens is 3. The van der Waals surface area contributed by atoms with E-state index in [4.69, 9.17) is 5.84 Å². The van der Waals surface area contributed by atoms with Gasteiger partial charge in [0.2, 0.25) is 0 Å². The molecule has 94 valence electrons. The highest BCUT2D eigenvalue weighted by molar-refractivity contribution is 9.10. The molecule has 6 heteroatoms. The number of halogens is 1. The number of hydrogen-bond donors (Lipinski definition) is 2. The third-order valence-electron chi connectivity index (χ3n) is 2.68. The summed E-state index contributed by atoms with van der Waals surface area (Å²) in [4.78, 5) is 13.1. The largest absolute Gasteiger partial charge is 0.308 e. The van der Waals surface area contributed by atoms with E-state index < -0.39 is 0 Å². The maximum absolute atomic E-state index is 5.49. The van der Waals surface area contributed by atoms with E-state index in [1.807, 2.05) is 13.0 Å². The van der Waals surface area contributed by atoms with Gasteiger partial charge in [0.25, 0.3) is 0 Å². The molecule has 0 aliphatic carbocycles. The molecule has 2 rings (SSSR count). The van der Waals surface area contributed by atoms with Crippen LogP contribution in [0.25, 0.3) is 11.4 Å². The van der Waals surface area contributed by atoms with Crippen molar-refractivity contribution in [3.8, 4) is 11.4 Å². The summed E-state index contributed by atoms with van der Waals surface area (Å²) in [5.41, 5.74) is 5.43. The van der Waals surface area contributed by atoms with Crippen molar-refractivity contribution in [1.82, 2.24) is 15.0 Å². The minimum Gasteiger partial charge on any atom is -0.308 e. The first-order chi connectivity index (χ1) is 8.65. The zero-order chi connectivity index (χ0) is 13.1. The lowest BCUT2D eigenvalue weighted by atomic mass is 10.1. The van der Waals surface area contributed by atoms with Crippen LogP contribution in [0.3, 0.4) is 0 Å². The number of nitrogens with two attached hydrogens (primary N) is 1. The number of nitrogens with zero attached hydrogens (tertiary/aromatic N) is 3. The number of aryl methyl sites for hydroxylation is 1. The lowest BCUT2D eigenvalue weighted by Gasteiger charge is -2.10. The molecular weight excluding hydrogens is 294 g/mol. The molecule has 0 fully saturated rings. The average Bonchev–Trinajstić information content (AvgIpc) is 2.39. The minimum atomic E-state index is 0.624. The van der Waals surface area contributed by atoms with Crippen LogP contribution < -0.4 is 11.3 Å². The van der Waals surface area contributed by atoms with E-state index >= 15 is 0 Å². The SMILES string of the molecule is CCc1nc(-c2cncc(Br)c2)nc(NN)c1C. The highest BCUT2D eigenvalue weighted by Crippen LogP contribution is 2.23. The van der Waals surface area contributed by atoms with Crippen molar-refractivity contribution in [1.29, 1.82) is 0 Å². The number of nitrogen functional groups attached to an aromatic ring is 1. The van der Waals surface area contributed by atoms with E-state index in [1.54, 1.807) is 12.4 Å². The number of hydrazine groups is 1. The van der Waals surface area contributed by atoms with Gasteiger partial charge in [0, 0.05) is 33.7 Å². The first-order valence-corrected chi connectivity index (χ1v) is 6.40. The molecule has 0 atom stereocenters. The third kappa shape index (κ3) is 2.49. The molecule has 0 spiro atoms. The van der Waals surface area contributed by atoms with E-state index in [1.165, 1.54) is 0 Å². The fourth-order valence-electron chi connectivity index (χ4n) is 1.71. The smallest absolute Gasteiger partial charge is 0.163 e. The van der Waals surface area contributed by atoms with Gasteiger partial charge in [-0.1, -0.05) is 6.92 Å². The van der Waals surface area contributed by atoms with Gasteiger partial charge in [0.05, 0.1) is 0 Å². The van der Waals surface area contributed by atoms with Crippen LogP contribution in [0.15, 0.2) is 22.9 Å². The van der Waals surface area contributed by atoms with Gasteiger partial charge in [-0.2, -0.15) is 0 Å². The number of pyridine rings is 1. The van der Waals surface area contributed by atoms with Crippen LogP contribution in [0.5, 0.6) is 0 Å². The predicted octanol–water partition coefficient (Wildman–Crippen LogP) is 2.46. The van der Waals surface area contributed by atoms with Crippen molar-refractivity contribution in [3.63, 3.8) is 0 Å². The maximum Gasteiger partial charge on any atom is 0.163 e. The third-order valence-corrected chi connectivity index (χ3v) is 3.11. The monoisotopic (exact) mass is 307 g/mol. The molecule has 0 unspecified atom stereocenters. The summed E-state index contributed by atoms with van der Waals surface area (Å²) >= 11 is 3.39. The fraction of sp³-hybridized carbons (Fsp3) is 0.250. The quantitative estimate of drug-likeness (QED) is 0.673. The predicted molar refractivity (Wildman–Crippen MR) is 74.9 cm³/mol. The summed E-state index contributed by atoms with van der Waals surface area (Å²) in [5.74, 6) is 6.76. The summed E-state index contributed by atoms with van der Waals surface area (Å²) in [6.07, 6.45) is 4.28. The zero-order valence-corrected chi connectivity index (χ0v) is 11.8. The Balaban J connectivity index is 2.58. The molecule has 0 aromatic carbocycles. The van der Waals surface area contributed by atoms with Gasteiger partial charge in [-0.05, 0) is 35.3 Å². The molecule has 3 N–H and O–H groups in total. The topological polar surface area (TPSA) is 76.7 Å². The van der Waals surface area contributed by atoms with Gasteiger partial charge in [-0.3, -0.25) is 4.98 Å². The summed E-state index contributed by atoms with van der Waals surface area (Å²) in [5, 5.41) is 0. The van der Waals surface area contributed by atoms with Gasteiger partial charge in [-0.15, -0.1) is 0 Å². The minimum absolute atomic E-state index is 0.624. The Labute approximate surface area is 114 Å². The molecule has 0 amide bonds. The van der Waals surface area contributed by atoms with E-state index in [9.17, 15) is 0 Å². The van der Waals surface area contributed by atoms with Gasteiger partial charge < -0.3 is 5.43 Å². The zero-order valence-electron chi connectivity index (χ0n) is 10.2. The van der Waals surface area contributed by atoms with Crippen molar-refractivity contribution in [2.45, 2.75) is 20.3 Å². The number of hydrogen-bond acceptors (Lipinski definition) is 5. The Bertz CT molecular complexity index is 545. The average molecular weight is 308 g/mol. The fourth-order valence-corrected chi connectivity index (χ4v) is 2.08. The molecule has 5 nitrogen and oxygen atoms in total. The van der Waals surface area contributed by atoms with Gasteiger partial charge >= 0.3 is 0 Å². The van der Waals surface area contributed by atoms with Crippen LogP contribution in [-0.4, -0.2) is 15.0 Å². The normalized spacial score (nSPS) is 10.4. The van der Waals surface area contributed by atoms with Crippen molar-refractivity contribution in [3.05, 3.63) is 34.2 Å². The molecule has 2 aromatic heterocycles. The lowest BCUT2D eigenvalue weighted by Crippen LogP contribution is -2.13. The summed E-state index contributed by atoms with van der Waals surface area (Å²) < 4.78 is 0.893. The van der Waals surface area contributed by atoms with Crippen LogP contribution in [-0.2, 0) is 6.42 Å². The number of nitrogens with one attached hydrogen (secondary N) is 1. The van der Waals surface area contributed by atoms with Gasteiger partial charge in [0.1, 0.15) is 5.82 Å². The Hall–Kier alpha value is -1.53. The molecule has 0 saturated carbocycles. The second-order valence-electron chi connectivity index (χ2n) is 3.86. The highest BCUT2D eigenvalue weighted by atomic mass is 79.9. The van der Waals surface area contributed by atoms with Crippen molar-refractivity contribution >= 4 is 21.7 Å². The Morgan fingerprint density at radius 2 is 2.11 bits per heavy atom. The molecule has 18 heavy (non-hydrogen) atoms. The molecule has 0 bridgehead atoms. The first kappa shape index (κ1) is 12.9. The Morgan fingerprint density at radius 1 is 1.33 bits per heavy atom. The van der Waals surface area contributed by atoms with E-state index in [0.29, 0.717) is 11.6 Å². The summed E-state index contributed by atoms with van der Waals surface area (Å²) in [7, 11) is 0. The molecule has 0 aliphatic rings. The van der Waals surface area contributed by atoms with Crippen LogP contribution in [0.2, 0.25) is 0 Å². The molecular formula is C12H14BrN5. The van der Waals surface area contributed by atoms with Crippen molar-refractivity contribution in [2.24, 2.45) is 5.84 Å². The van der Waals surface area contributed by atoms with E-state index in [2.05, 4.69) is 43.2 Å². The summed E-state index contributed by atoms with van der Waals surface area (Å²) in [6, 6.07) is 1.93. The Kier molecular flexibility index (Phi) is 3.88. The van der Waals surface area contributed by atoms with Crippen LogP contribution in [0.4, 0.5) is 5.82 Å². The summed E-state index contributed by atoms with van der Waals surface area (Å²) in [6.45, 7) is 4.01. The van der Waals surface area contributed by atoms with E-state index in [-0.39, 0.29) is 0 Å². The maximum atomic E-state index is 5.49. The number of rotatable bonds is 3. The van der Waals surface area contributed by atoms with E-state index in [0.717, 1.165) is 27.7 Å². The second-order valence-corrected chi connectivity index (χ2v) is 4.77. The lowest BCUT2D eigenvalue weighted by molar-refractivity contribution is 0.972. The number of anilines is 1. The van der Waals surface area contributed by atoms with Crippen LogP contribution in [0.1, 0.15) is 18.2 Å².